The second-order valence-electron chi connectivity index (χ2n) is 6.25. The summed E-state index contributed by atoms with van der Waals surface area (Å²) in [4.78, 5) is 24.7. The van der Waals surface area contributed by atoms with E-state index in [4.69, 9.17) is 0 Å². The normalized spacial score (nSPS) is 23.0. The van der Waals surface area contributed by atoms with Crippen molar-refractivity contribution in [2.24, 2.45) is 5.41 Å². The molecule has 1 aromatic rings. The van der Waals surface area contributed by atoms with Gasteiger partial charge >= 0.3 is 12.3 Å². The van der Waals surface area contributed by atoms with E-state index in [9.17, 15) is 27.9 Å². The van der Waals surface area contributed by atoms with Gasteiger partial charge in [-0.3, -0.25) is 4.79 Å². The minimum atomic E-state index is -4.84. The standard InChI is InChI=1S/C17H15F3O5/c1-24-15(23)12-8-16(5-4-13(12)21)7-9-2-3-10(25-17(18,19)20)6-11(9)14(16)22/h2-3,6,21H,4-5,7-8H2,1H3. The van der Waals surface area contributed by atoms with Gasteiger partial charge in [0.1, 0.15) is 11.5 Å². The van der Waals surface area contributed by atoms with E-state index < -0.39 is 23.5 Å². The highest BCUT2D eigenvalue weighted by Crippen LogP contribution is 2.49. The predicted molar refractivity (Wildman–Crippen MR) is 79.1 cm³/mol. The van der Waals surface area contributed by atoms with Gasteiger partial charge in [-0.15, -0.1) is 13.2 Å². The third-order valence-electron chi connectivity index (χ3n) is 4.71. The van der Waals surface area contributed by atoms with Gasteiger partial charge in [0.05, 0.1) is 12.7 Å². The summed E-state index contributed by atoms with van der Waals surface area (Å²) in [5.74, 6) is -1.62. The number of aliphatic hydroxyl groups excluding tert-OH is 1. The molecule has 0 fully saturated rings. The number of Topliss-reactive ketones (excluding diaryl/α,β-unsaturated/α-hetero) is 1. The first-order valence-electron chi connectivity index (χ1n) is 7.58. The summed E-state index contributed by atoms with van der Waals surface area (Å²) in [6.07, 6.45) is -4.11. The molecule has 1 aromatic carbocycles. The van der Waals surface area contributed by atoms with E-state index in [0.29, 0.717) is 18.4 Å². The van der Waals surface area contributed by atoms with Crippen LogP contribution < -0.4 is 4.74 Å². The van der Waals surface area contributed by atoms with Crippen molar-refractivity contribution >= 4 is 11.8 Å². The zero-order valence-electron chi connectivity index (χ0n) is 13.3. The van der Waals surface area contributed by atoms with E-state index in [-0.39, 0.29) is 35.5 Å². The molecule has 0 bridgehead atoms. The Kier molecular flexibility index (Phi) is 4.01. The first kappa shape index (κ1) is 17.3. The lowest BCUT2D eigenvalue weighted by atomic mass is 9.70. The predicted octanol–water partition coefficient (Wildman–Crippen LogP) is 3.48. The minimum absolute atomic E-state index is 0.00547. The van der Waals surface area contributed by atoms with E-state index in [1.807, 2.05) is 0 Å². The zero-order chi connectivity index (χ0) is 18.4. The second-order valence-corrected chi connectivity index (χ2v) is 6.25. The molecule has 2 aliphatic rings. The van der Waals surface area contributed by atoms with Crippen molar-refractivity contribution in [3.05, 3.63) is 40.7 Å². The van der Waals surface area contributed by atoms with Crippen LogP contribution in [0.5, 0.6) is 5.75 Å². The molecule has 0 amide bonds. The molecule has 3 rings (SSSR count). The van der Waals surface area contributed by atoms with Crippen LogP contribution in [0.25, 0.3) is 0 Å². The fraction of sp³-hybridized carbons (Fsp3) is 0.412. The van der Waals surface area contributed by atoms with Crippen LogP contribution in [0.1, 0.15) is 35.2 Å². The topological polar surface area (TPSA) is 72.8 Å². The Morgan fingerprint density at radius 3 is 2.64 bits per heavy atom. The van der Waals surface area contributed by atoms with Crippen LogP contribution in [0.3, 0.4) is 0 Å². The number of carbonyl (C=O) groups is 2. The number of hydrogen-bond acceptors (Lipinski definition) is 5. The van der Waals surface area contributed by atoms with Crippen LogP contribution in [-0.4, -0.2) is 30.3 Å². The highest BCUT2D eigenvalue weighted by atomic mass is 19.4. The van der Waals surface area contributed by atoms with Crippen molar-refractivity contribution in [2.75, 3.05) is 7.11 Å². The summed E-state index contributed by atoms with van der Waals surface area (Å²) >= 11 is 0. The van der Waals surface area contributed by atoms with Crippen LogP contribution in [0, 0.1) is 5.41 Å². The molecular formula is C17H15F3O5. The molecule has 0 radical (unpaired) electrons. The number of ether oxygens (including phenoxy) is 2. The summed E-state index contributed by atoms with van der Waals surface area (Å²) in [6, 6.07) is 3.67. The van der Waals surface area contributed by atoms with E-state index in [2.05, 4.69) is 9.47 Å². The molecule has 1 spiro atoms. The molecule has 5 nitrogen and oxygen atoms in total. The van der Waals surface area contributed by atoms with Gasteiger partial charge in [0.15, 0.2) is 5.78 Å². The van der Waals surface area contributed by atoms with Crippen molar-refractivity contribution in [2.45, 2.75) is 32.0 Å². The molecule has 0 aliphatic heterocycles. The Labute approximate surface area is 141 Å². The highest BCUT2D eigenvalue weighted by molar-refractivity contribution is 6.06. The number of allylic oxidation sites excluding steroid dienone is 1. The molecule has 25 heavy (non-hydrogen) atoms. The lowest BCUT2D eigenvalue weighted by Crippen LogP contribution is -2.33. The third-order valence-corrected chi connectivity index (χ3v) is 4.71. The lowest BCUT2D eigenvalue weighted by Gasteiger charge is -2.32. The number of rotatable bonds is 2. The van der Waals surface area contributed by atoms with Gasteiger partial charge < -0.3 is 14.6 Å². The molecule has 134 valence electrons. The maximum atomic E-state index is 12.9. The van der Waals surface area contributed by atoms with Crippen LogP contribution in [0.2, 0.25) is 0 Å². The SMILES string of the molecule is COC(=O)C1=C(O)CCC2(C1)Cc1ccc(OC(F)(F)F)cc1C2=O. The van der Waals surface area contributed by atoms with Crippen molar-refractivity contribution in [3.8, 4) is 5.75 Å². The summed E-state index contributed by atoms with van der Waals surface area (Å²) < 4.78 is 45.6. The number of methoxy groups -OCH3 is 1. The molecule has 0 saturated heterocycles. The molecular weight excluding hydrogens is 341 g/mol. The number of esters is 1. The van der Waals surface area contributed by atoms with Crippen molar-refractivity contribution in [1.29, 1.82) is 0 Å². The van der Waals surface area contributed by atoms with E-state index in [0.717, 1.165) is 12.1 Å². The maximum Gasteiger partial charge on any atom is 0.573 e. The number of hydrogen-bond donors (Lipinski definition) is 1. The average molecular weight is 356 g/mol. The van der Waals surface area contributed by atoms with Crippen molar-refractivity contribution in [3.63, 3.8) is 0 Å². The Hall–Kier alpha value is -2.51. The summed E-state index contributed by atoms with van der Waals surface area (Å²) in [6.45, 7) is 0. The van der Waals surface area contributed by atoms with Crippen LogP contribution >= 0.6 is 0 Å². The van der Waals surface area contributed by atoms with Crippen molar-refractivity contribution < 1.29 is 37.3 Å². The van der Waals surface area contributed by atoms with Crippen LogP contribution in [0.15, 0.2) is 29.5 Å². The number of benzene rings is 1. The first-order valence-corrected chi connectivity index (χ1v) is 7.58. The minimum Gasteiger partial charge on any atom is -0.512 e. The molecule has 2 aliphatic carbocycles. The fourth-order valence-electron chi connectivity index (χ4n) is 3.54. The molecule has 1 unspecified atom stereocenters. The number of ketones is 1. The number of fused-ring (bicyclic) bond motifs is 1. The quantitative estimate of drug-likeness (QED) is 0.822. The smallest absolute Gasteiger partial charge is 0.512 e. The van der Waals surface area contributed by atoms with Gasteiger partial charge in [0, 0.05) is 17.4 Å². The van der Waals surface area contributed by atoms with Gasteiger partial charge in [-0.1, -0.05) is 6.07 Å². The number of aliphatic hydroxyl groups is 1. The molecule has 0 aromatic heterocycles. The molecule has 0 saturated carbocycles. The Morgan fingerprint density at radius 1 is 1.28 bits per heavy atom. The molecule has 1 N–H and O–H groups in total. The first-order chi connectivity index (χ1) is 11.6. The maximum absolute atomic E-state index is 12.9. The lowest BCUT2D eigenvalue weighted by molar-refractivity contribution is -0.274. The Morgan fingerprint density at radius 2 is 2.00 bits per heavy atom. The van der Waals surface area contributed by atoms with Crippen LogP contribution in [0.4, 0.5) is 13.2 Å². The summed E-state index contributed by atoms with van der Waals surface area (Å²) in [7, 11) is 1.18. The van der Waals surface area contributed by atoms with E-state index in [1.165, 1.54) is 13.2 Å². The molecule has 0 heterocycles. The van der Waals surface area contributed by atoms with Crippen molar-refractivity contribution in [1.82, 2.24) is 0 Å². The van der Waals surface area contributed by atoms with Gasteiger partial charge in [-0.25, -0.2) is 4.79 Å². The summed E-state index contributed by atoms with van der Waals surface area (Å²) in [5, 5.41) is 9.91. The number of carbonyl (C=O) groups excluding carboxylic acids is 2. The second kappa shape index (κ2) is 5.79. The molecule has 1 atom stereocenters. The zero-order valence-corrected chi connectivity index (χ0v) is 13.3. The monoisotopic (exact) mass is 356 g/mol. The fourth-order valence-corrected chi connectivity index (χ4v) is 3.54. The Bertz CT molecular complexity index is 781. The van der Waals surface area contributed by atoms with E-state index in [1.54, 1.807) is 0 Å². The largest absolute Gasteiger partial charge is 0.573 e. The third kappa shape index (κ3) is 3.08. The van der Waals surface area contributed by atoms with Gasteiger partial charge in [0.25, 0.3) is 0 Å². The van der Waals surface area contributed by atoms with E-state index >= 15 is 0 Å². The van der Waals surface area contributed by atoms with Gasteiger partial charge in [-0.05, 0) is 37.0 Å². The van der Waals surface area contributed by atoms with Gasteiger partial charge in [0.2, 0.25) is 0 Å². The number of alkyl halides is 3. The van der Waals surface area contributed by atoms with Crippen LogP contribution in [-0.2, 0) is 16.0 Å². The Balaban J connectivity index is 1.92. The molecule has 8 heteroatoms. The highest BCUT2D eigenvalue weighted by Gasteiger charge is 2.49. The summed E-state index contributed by atoms with van der Waals surface area (Å²) in [5.41, 5.74) is -0.145. The average Bonchev–Trinajstić information content (AvgIpc) is 2.80. The van der Waals surface area contributed by atoms with Gasteiger partial charge in [-0.2, -0.15) is 0 Å². The number of halogens is 3.